The second-order valence-corrected chi connectivity index (χ2v) is 10.1. The minimum atomic E-state index is -0.290. The molecular weight excluding hydrogens is 498 g/mol. The number of aryl methyl sites for hydroxylation is 2. The van der Waals surface area contributed by atoms with Gasteiger partial charge in [-0.05, 0) is 60.9 Å². The Balaban J connectivity index is 1.48. The first kappa shape index (κ1) is 25.5. The lowest BCUT2D eigenvalue weighted by Crippen LogP contribution is -2.41. The fraction of sp³-hybridized carbons (Fsp3) is 0.212. The van der Waals surface area contributed by atoms with Gasteiger partial charge in [-0.2, -0.15) is 5.10 Å². The smallest absolute Gasteiger partial charge is 0.318 e. The van der Waals surface area contributed by atoms with Gasteiger partial charge in [0.15, 0.2) is 0 Å². The molecular formula is C33H33N5O2. The Morgan fingerprint density at radius 2 is 1.82 bits per heavy atom. The Bertz CT molecular complexity index is 1650. The number of ether oxygens (including phenoxy) is 1. The summed E-state index contributed by atoms with van der Waals surface area (Å²) < 4.78 is 9.60. The highest BCUT2D eigenvalue weighted by molar-refractivity contribution is 5.76. The van der Waals surface area contributed by atoms with Crippen molar-refractivity contribution >= 4 is 6.03 Å². The van der Waals surface area contributed by atoms with Crippen molar-refractivity contribution in [3.63, 3.8) is 0 Å². The van der Waals surface area contributed by atoms with Crippen LogP contribution in [0.15, 0.2) is 97.2 Å². The Kier molecular flexibility index (Phi) is 6.86. The molecule has 0 saturated heterocycles. The molecule has 3 heterocycles. The number of hydrogen-bond donors (Lipinski definition) is 1. The molecule has 1 N–H and O–H groups in total. The van der Waals surface area contributed by atoms with Gasteiger partial charge in [0.25, 0.3) is 0 Å². The van der Waals surface area contributed by atoms with Crippen molar-refractivity contribution in [3.8, 4) is 17.3 Å². The molecule has 2 aromatic heterocycles. The number of aromatic nitrogens is 3. The van der Waals surface area contributed by atoms with Gasteiger partial charge in [-0.25, -0.2) is 9.48 Å². The predicted octanol–water partition coefficient (Wildman–Crippen LogP) is 6.36. The summed E-state index contributed by atoms with van der Waals surface area (Å²) in [6, 6.07) is 30.1. The molecule has 0 spiro atoms. The Morgan fingerprint density at radius 1 is 1.00 bits per heavy atom. The van der Waals surface area contributed by atoms with Crippen molar-refractivity contribution in [1.82, 2.24) is 24.6 Å². The fourth-order valence-electron chi connectivity index (χ4n) is 5.60. The van der Waals surface area contributed by atoms with E-state index in [1.165, 1.54) is 0 Å². The maximum absolute atomic E-state index is 14.1. The molecule has 0 bridgehead atoms. The Labute approximate surface area is 234 Å². The van der Waals surface area contributed by atoms with Crippen molar-refractivity contribution in [1.29, 1.82) is 0 Å². The Hall–Kier alpha value is -4.78. The van der Waals surface area contributed by atoms with E-state index in [0.717, 1.165) is 57.3 Å². The highest BCUT2D eigenvalue weighted by Gasteiger charge is 2.36. The number of nitrogens with zero attached hydrogens (tertiary/aromatic N) is 4. The third-order valence-electron chi connectivity index (χ3n) is 7.50. The standard InChI is InChI=1S/C33H33N5O2/c1-4-29-28-22-37(33(39)34-21-24-12-9-16-27(20-24)40-3)31(25-13-8-11-23(2)19-25)30-17-10-18-36(30)32(28)38(35-29)26-14-6-5-7-15-26/h5-20,31H,4,21-22H2,1-3H3,(H,34,39)/t31-/m0/s1. The molecule has 40 heavy (non-hydrogen) atoms. The molecule has 7 heteroatoms. The molecule has 1 aliphatic heterocycles. The quantitative estimate of drug-likeness (QED) is 0.277. The summed E-state index contributed by atoms with van der Waals surface area (Å²) in [6.07, 6.45) is 2.84. The molecule has 202 valence electrons. The van der Waals surface area contributed by atoms with E-state index in [0.29, 0.717) is 13.1 Å². The lowest BCUT2D eigenvalue weighted by atomic mass is 10.00. The van der Waals surface area contributed by atoms with E-state index in [-0.39, 0.29) is 12.1 Å². The zero-order valence-electron chi connectivity index (χ0n) is 23.0. The second-order valence-electron chi connectivity index (χ2n) is 10.1. The second kappa shape index (κ2) is 10.8. The molecule has 2 amide bonds. The molecule has 0 aliphatic carbocycles. The highest BCUT2D eigenvalue weighted by atomic mass is 16.5. The van der Waals surface area contributed by atoms with Crippen molar-refractivity contribution in [2.24, 2.45) is 0 Å². The number of urea groups is 1. The van der Waals surface area contributed by atoms with Crippen LogP contribution in [0, 0.1) is 6.92 Å². The van der Waals surface area contributed by atoms with Crippen LogP contribution in [0.4, 0.5) is 4.79 Å². The molecule has 1 atom stereocenters. The molecule has 1 aliphatic rings. The van der Waals surface area contributed by atoms with E-state index in [1.807, 2.05) is 58.1 Å². The van der Waals surface area contributed by atoms with Crippen molar-refractivity contribution in [2.75, 3.05) is 7.11 Å². The first-order valence-corrected chi connectivity index (χ1v) is 13.6. The number of nitrogens with one attached hydrogen (secondary N) is 1. The number of para-hydroxylation sites is 1. The van der Waals surface area contributed by atoms with Crippen LogP contribution in [-0.4, -0.2) is 32.4 Å². The van der Waals surface area contributed by atoms with Gasteiger partial charge in [-0.3, -0.25) is 0 Å². The topological polar surface area (TPSA) is 64.3 Å². The van der Waals surface area contributed by atoms with Gasteiger partial charge in [-0.15, -0.1) is 0 Å². The van der Waals surface area contributed by atoms with Crippen molar-refractivity contribution in [2.45, 2.75) is 39.4 Å². The average Bonchev–Trinajstić information content (AvgIpc) is 3.57. The van der Waals surface area contributed by atoms with Crippen LogP contribution in [0.5, 0.6) is 5.75 Å². The maximum atomic E-state index is 14.1. The summed E-state index contributed by atoms with van der Waals surface area (Å²) >= 11 is 0. The fourth-order valence-corrected chi connectivity index (χ4v) is 5.60. The van der Waals surface area contributed by atoms with E-state index in [9.17, 15) is 4.79 Å². The normalized spacial score (nSPS) is 14.3. The molecule has 3 aromatic carbocycles. The molecule has 7 nitrogen and oxygen atoms in total. The Morgan fingerprint density at radius 3 is 2.60 bits per heavy atom. The number of benzene rings is 3. The third-order valence-corrected chi connectivity index (χ3v) is 7.50. The largest absolute Gasteiger partial charge is 0.497 e. The van der Waals surface area contributed by atoms with Gasteiger partial charge in [0.1, 0.15) is 11.6 Å². The predicted molar refractivity (Wildman–Crippen MR) is 156 cm³/mol. The summed E-state index contributed by atoms with van der Waals surface area (Å²) in [5, 5.41) is 8.23. The zero-order valence-corrected chi connectivity index (χ0v) is 23.0. The summed E-state index contributed by atoms with van der Waals surface area (Å²) in [5.41, 5.74) is 7.23. The molecule has 0 fully saturated rings. The minimum absolute atomic E-state index is 0.135. The van der Waals surface area contributed by atoms with Gasteiger partial charge in [-0.1, -0.05) is 67.1 Å². The number of rotatable bonds is 6. The van der Waals surface area contributed by atoms with Crippen LogP contribution < -0.4 is 10.1 Å². The van der Waals surface area contributed by atoms with Crippen LogP contribution in [-0.2, 0) is 19.5 Å². The summed E-state index contributed by atoms with van der Waals surface area (Å²) in [4.78, 5) is 16.1. The number of carbonyl (C=O) groups excluding carboxylic acids is 1. The highest BCUT2D eigenvalue weighted by Crippen LogP contribution is 2.39. The number of carbonyl (C=O) groups is 1. The van der Waals surface area contributed by atoms with E-state index in [2.05, 4.69) is 72.4 Å². The van der Waals surface area contributed by atoms with Crippen LogP contribution in [0.25, 0.3) is 11.5 Å². The first-order valence-electron chi connectivity index (χ1n) is 13.6. The average molecular weight is 532 g/mol. The van der Waals surface area contributed by atoms with E-state index < -0.39 is 0 Å². The van der Waals surface area contributed by atoms with Crippen LogP contribution in [0.3, 0.4) is 0 Å². The van der Waals surface area contributed by atoms with Gasteiger partial charge in [0.05, 0.1) is 36.8 Å². The monoisotopic (exact) mass is 531 g/mol. The number of amides is 2. The molecule has 5 aromatic rings. The third kappa shape index (κ3) is 4.64. The summed E-state index contributed by atoms with van der Waals surface area (Å²) in [7, 11) is 1.65. The van der Waals surface area contributed by atoms with Crippen molar-refractivity contribution in [3.05, 3.63) is 131 Å². The number of hydrogen-bond acceptors (Lipinski definition) is 3. The minimum Gasteiger partial charge on any atom is -0.497 e. The molecule has 6 rings (SSSR count). The molecule has 0 radical (unpaired) electrons. The van der Waals surface area contributed by atoms with Gasteiger partial charge in [0.2, 0.25) is 0 Å². The first-order chi connectivity index (χ1) is 19.6. The van der Waals surface area contributed by atoms with Gasteiger partial charge >= 0.3 is 6.03 Å². The van der Waals surface area contributed by atoms with Crippen molar-refractivity contribution < 1.29 is 9.53 Å². The molecule has 0 saturated carbocycles. The SMILES string of the molecule is CCc1nn(-c2ccccc2)c2c1CN(C(=O)NCc1cccc(OC)c1)[C@@H](c1cccc(C)c1)c1cccn1-2. The van der Waals surface area contributed by atoms with Crippen LogP contribution in [0.1, 0.15) is 46.6 Å². The van der Waals surface area contributed by atoms with E-state index in [4.69, 9.17) is 9.84 Å². The number of methoxy groups -OCH3 is 1. The lowest BCUT2D eigenvalue weighted by Gasteiger charge is -2.31. The summed E-state index contributed by atoms with van der Waals surface area (Å²) in [5.74, 6) is 1.74. The van der Waals surface area contributed by atoms with E-state index in [1.54, 1.807) is 7.11 Å². The zero-order chi connectivity index (χ0) is 27.6. The van der Waals surface area contributed by atoms with Gasteiger partial charge in [0, 0.05) is 18.3 Å². The van der Waals surface area contributed by atoms with Gasteiger partial charge < -0.3 is 19.5 Å². The van der Waals surface area contributed by atoms with E-state index >= 15 is 0 Å². The van der Waals surface area contributed by atoms with Crippen LogP contribution in [0.2, 0.25) is 0 Å². The van der Waals surface area contributed by atoms with Crippen LogP contribution >= 0.6 is 0 Å². The molecule has 0 unspecified atom stereocenters. The lowest BCUT2D eigenvalue weighted by molar-refractivity contribution is 0.180. The number of fused-ring (bicyclic) bond motifs is 3. The maximum Gasteiger partial charge on any atom is 0.318 e. The summed E-state index contributed by atoms with van der Waals surface area (Å²) in [6.45, 7) is 5.02.